The van der Waals surface area contributed by atoms with Crippen LogP contribution in [0.25, 0.3) is 0 Å². The van der Waals surface area contributed by atoms with E-state index < -0.39 is 0 Å². The van der Waals surface area contributed by atoms with Gasteiger partial charge in [-0.1, -0.05) is 12.1 Å². The smallest absolute Gasteiger partial charge is 0.319 e. The second kappa shape index (κ2) is 7.65. The molecule has 22 heavy (non-hydrogen) atoms. The molecule has 6 heteroatoms. The van der Waals surface area contributed by atoms with Gasteiger partial charge in [-0.2, -0.15) is 0 Å². The number of nitrogens with zero attached hydrogens (tertiary/aromatic N) is 1. The number of aromatic nitrogens is 1. The highest BCUT2D eigenvalue weighted by atomic mass is 32.2. The van der Waals surface area contributed by atoms with Gasteiger partial charge in [-0.05, 0) is 29.8 Å². The Labute approximate surface area is 139 Å². The van der Waals surface area contributed by atoms with Crippen LogP contribution < -0.4 is 10.6 Å². The lowest BCUT2D eigenvalue weighted by molar-refractivity contribution is 0.251. The van der Waals surface area contributed by atoms with E-state index in [1.165, 1.54) is 17.1 Å². The Morgan fingerprint density at radius 2 is 1.95 bits per heavy atom. The van der Waals surface area contributed by atoms with Gasteiger partial charge in [-0.25, -0.2) is 4.79 Å². The number of carbonyl (C=O) groups is 1. The summed E-state index contributed by atoms with van der Waals surface area (Å²) in [6.07, 6.45) is 3.97. The van der Waals surface area contributed by atoms with Crippen LogP contribution in [0.1, 0.15) is 10.1 Å². The standard InChI is InChI=1S/C16H19N3OS2/c20-16(17-6-9-19-7-1-2-8-19)18-14-5-3-4-13(12-14)15-21-10-11-22-15/h1-5,7-8,12,15H,6,9-11H2,(H2,17,18,20). The summed E-state index contributed by atoms with van der Waals surface area (Å²) < 4.78 is 2.54. The summed E-state index contributed by atoms with van der Waals surface area (Å²) in [7, 11) is 0. The van der Waals surface area contributed by atoms with E-state index in [1.54, 1.807) is 0 Å². The van der Waals surface area contributed by atoms with Gasteiger partial charge < -0.3 is 15.2 Å². The van der Waals surface area contributed by atoms with Gasteiger partial charge in [-0.3, -0.25) is 0 Å². The van der Waals surface area contributed by atoms with Crippen molar-refractivity contribution in [2.45, 2.75) is 11.1 Å². The number of thioether (sulfide) groups is 2. The molecular formula is C16H19N3OS2. The number of urea groups is 1. The third-order valence-corrected chi connectivity index (χ3v) is 6.46. The molecule has 3 rings (SSSR count). The summed E-state index contributed by atoms with van der Waals surface area (Å²) in [4.78, 5) is 11.9. The van der Waals surface area contributed by atoms with E-state index in [0.29, 0.717) is 11.1 Å². The third kappa shape index (κ3) is 4.24. The lowest BCUT2D eigenvalue weighted by Gasteiger charge is -2.12. The largest absolute Gasteiger partial charge is 0.353 e. The van der Waals surface area contributed by atoms with Crippen LogP contribution in [0.4, 0.5) is 10.5 Å². The van der Waals surface area contributed by atoms with Crippen molar-refractivity contribution < 1.29 is 4.79 Å². The van der Waals surface area contributed by atoms with E-state index in [-0.39, 0.29) is 6.03 Å². The number of rotatable bonds is 5. The van der Waals surface area contributed by atoms with Crippen molar-refractivity contribution in [3.05, 3.63) is 54.4 Å². The number of anilines is 1. The van der Waals surface area contributed by atoms with E-state index in [9.17, 15) is 4.79 Å². The highest BCUT2D eigenvalue weighted by molar-refractivity contribution is 8.19. The summed E-state index contributed by atoms with van der Waals surface area (Å²) in [5, 5.41) is 5.79. The molecule has 0 saturated carbocycles. The van der Waals surface area contributed by atoms with E-state index >= 15 is 0 Å². The molecule has 0 spiro atoms. The molecule has 0 bridgehead atoms. The molecule has 2 heterocycles. The Hall–Kier alpha value is -1.53. The molecule has 1 aliphatic rings. The Morgan fingerprint density at radius 3 is 2.73 bits per heavy atom. The molecule has 1 aromatic carbocycles. The SMILES string of the molecule is O=C(NCCn1cccc1)Nc1cccc(C2SCCS2)c1. The molecular weight excluding hydrogens is 314 g/mol. The van der Waals surface area contributed by atoms with Crippen molar-refractivity contribution in [1.82, 2.24) is 9.88 Å². The summed E-state index contributed by atoms with van der Waals surface area (Å²) >= 11 is 3.93. The van der Waals surface area contributed by atoms with Crippen LogP contribution in [-0.4, -0.2) is 28.6 Å². The number of amides is 2. The zero-order valence-electron chi connectivity index (χ0n) is 12.2. The summed E-state index contributed by atoms with van der Waals surface area (Å²) in [5.41, 5.74) is 2.13. The van der Waals surface area contributed by atoms with Crippen molar-refractivity contribution in [3.8, 4) is 0 Å². The van der Waals surface area contributed by atoms with Crippen molar-refractivity contribution in [2.24, 2.45) is 0 Å². The number of benzene rings is 1. The molecule has 4 nitrogen and oxygen atoms in total. The Kier molecular flexibility index (Phi) is 5.34. The lowest BCUT2D eigenvalue weighted by atomic mass is 10.2. The quantitative estimate of drug-likeness (QED) is 0.875. The molecule has 1 aromatic heterocycles. The van der Waals surface area contributed by atoms with Crippen LogP contribution in [-0.2, 0) is 6.54 Å². The zero-order valence-corrected chi connectivity index (χ0v) is 13.8. The maximum atomic E-state index is 11.9. The molecule has 116 valence electrons. The first-order valence-corrected chi connectivity index (χ1v) is 9.40. The van der Waals surface area contributed by atoms with Crippen LogP contribution in [0.3, 0.4) is 0 Å². The molecule has 2 amide bonds. The topological polar surface area (TPSA) is 46.1 Å². The first-order valence-electron chi connectivity index (χ1n) is 7.30. The first-order chi connectivity index (χ1) is 10.8. The van der Waals surface area contributed by atoms with Crippen LogP contribution in [0.15, 0.2) is 48.8 Å². The lowest BCUT2D eigenvalue weighted by Crippen LogP contribution is -2.31. The fourth-order valence-corrected chi connectivity index (χ4v) is 5.15. The van der Waals surface area contributed by atoms with Gasteiger partial charge >= 0.3 is 6.03 Å². The number of carbonyl (C=O) groups excluding carboxylic acids is 1. The molecule has 0 atom stereocenters. The predicted octanol–water partition coefficient (Wildman–Crippen LogP) is 3.79. The van der Waals surface area contributed by atoms with Crippen molar-refractivity contribution in [2.75, 3.05) is 23.4 Å². The second-order valence-corrected chi connectivity index (χ2v) is 7.73. The van der Waals surface area contributed by atoms with Crippen molar-refractivity contribution in [1.29, 1.82) is 0 Å². The Bertz CT molecular complexity index is 610. The van der Waals surface area contributed by atoms with Gasteiger partial charge in [0.1, 0.15) is 0 Å². The number of nitrogens with one attached hydrogen (secondary N) is 2. The van der Waals surface area contributed by atoms with Crippen molar-refractivity contribution in [3.63, 3.8) is 0 Å². The van der Waals surface area contributed by atoms with Crippen LogP contribution in [0.5, 0.6) is 0 Å². The molecule has 1 aliphatic heterocycles. The monoisotopic (exact) mass is 333 g/mol. The molecule has 1 saturated heterocycles. The van der Waals surface area contributed by atoms with Crippen molar-refractivity contribution >= 4 is 35.2 Å². The fraction of sp³-hybridized carbons (Fsp3) is 0.312. The molecule has 0 unspecified atom stereocenters. The van der Waals surface area contributed by atoms with Crippen LogP contribution in [0.2, 0.25) is 0 Å². The van der Waals surface area contributed by atoms with E-state index in [0.717, 1.165) is 12.2 Å². The van der Waals surface area contributed by atoms with E-state index in [2.05, 4.69) is 22.8 Å². The maximum Gasteiger partial charge on any atom is 0.319 e. The van der Waals surface area contributed by atoms with Crippen LogP contribution >= 0.6 is 23.5 Å². The van der Waals surface area contributed by atoms with Gasteiger partial charge in [0.05, 0.1) is 4.58 Å². The average molecular weight is 333 g/mol. The first kappa shape index (κ1) is 15.4. The highest BCUT2D eigenvalue weighted by Crippen LogP contribution is 2.45. The van der Waals surface area contributed by atoms with Gasteiger partial charge in [0.15, 0.2) is 0 Å². The van der Waals surface area contributed by atoms with Gasteiger partial charge in [0.25, 0.3) is 0 Å². The summed E-state index contributed by atoms with van der Waals surface area (Å²) in [6, 6.07) is 11.9. The molecule has 2 N–H and O–H groups in total. The molecule has 1 fully saturated rings. The summed E-state index contributed by atoms with van der Waals surface area (Å²) in [5.74, 6) is 2.40. The molecule has 0 radical (unpaired) electrons. The average Bonchev–Trinajstić information content (AvgIpc) is 3.21. The maximum absolute atomic E-state index is 11.9. The van der Waals surface area contributed by atoms with Gasteiger partial charge in [-0.15, -0.1) is 23.5 Å². The van der Waals surface area contributed by atoms with E-state index in [4.69, 9.17) is 0 Å². The Balaban J connectivity index is 1.49. The minimum Gasteiger partial charge on any atom is -0.353 e. The number of hydrogen-bond donors (Lipinski definition) is 2. The van der Waals surface area contributed by atoms with Gasteiger partial charge in [0, 0.05) is 42.7 Å². The Morgan fingerprint density at radius 1 is 1.18 bits per heavy atom. The second-order valence-electron chi connectivity index (χ2n) is 5.00. The molecule has 2 aromatic rings. The normalized spacial score (nSPS) is 14.9. The highest BCUT2D eigenvalue weighted by Gasteiger charge is 2.18. The van der Waals surface area contributed by atoms with Gasteiger partial charge in [0.2, 0.25) is 0 Å². The minimum atomic E-state index is -0.156. The third-order valence-electron chi connectivity index (χ3n) is 3.36. The zero-order chi connectivity index (χ0) is 15.2. The summed E-state index contributed by atoms with van der Waals surface area (Å²) in [6.45, 7) is 1.38. The predicted molar refractivity (Wildman–Crippen MR) is 95.6 cm³/mol. The minimum absolute atomic E-state index is 0.156. The molecule has 0 aliphatic carbocycles. The van der Waals surface area contributed by atoms with E-state index in [1.807, 2.05) is 64.8 Å². The fourth-order valence-electron chi connectivity index (χ4n) is 2.31. The van der Waals surface area contributed by atoms with Crippen LogP contribution in [0, 0.1) is 0 Å². The number of hydrogen-bond acceptors (Lipinski definition) is 3.